The fourth-order valence-corrected chi connectivity index (χ4v) is 6.48. The lowest BCUT2D eigenvalue weighted by molar-refractivity contribution is 1.18. The normalized spacial score (nSPS) is 11.5. The Hall–Kier alpha value is -6.26. The quantitative estimate of drug-likeness (QED) is 0.193. The highest BCUT2D eigenvalue weighted by molar-refractivity contribution is 6.28. The lowest BCUT2D eigenvalue weighted by atomic mass is 9.94. The Balaban J connectivity index is 1.23. The molecule has 6 aromatic carbocycles. The summed E-state index contributed by atoms with van der Waals surface area (Å²) in [5.41, 5.74) is 8.77. The van der Waals surface area contributed by atoms with Gasteiger partial charge in [-0.15, -0.1) is 0 Å². The number of fused-ring (bicyclic) bond motifs is 7. The highest BCUT2D eigenvalue weighted by Crippen LogP contribution is 2.39. The molecule has 9 aromatic rings. The minimum absolute atomic E-state index is 0.687. The molecule has 3 heterocycles. The number of rotatable bonds is 4. The summed E-state index contributed by atoms with van der Waals surface area (Å²) in [6.45, 7) is 0. The van der Waals surface area contributed by atoms with Gasteiger partial charge >= 0.3 is 0 Å². The van der Waals surface area contributed by atoms with Crippen molar-refractivity contribution < 1.29 is 0 Å². The first-order valence-corrected chi connectivity index (χ1v) is 15.4. The molecular weight excluding hydrogens is 560 g/mol. The zero-order valence-corrected chi connectivity index (χ0v) is 24.8. The third kappa shape index (κ3) is 4.39. The summed E-state index contributed by atoms with van der Waals surface area (Å²) >= 11 is 0. The molecule has 214 valence electrons. The second-order valence-corrected chi connectivity index (χ2v) is 11.5. The zero-order chi connectivity index (χ0) is 30.5. The maximum atomic E-state index is 5.22. The molecule has 0 fully saturated rings. The molecule has 0 aliphatic heterocycles. The van der Waals surface area contributed by atoms with E-state index in [1.54, 1.807) is 0 Å². The molecule has 0 radical (unpaired) electrons. The summed E-state index contributed by atoms with van der Waals surface area (Å²) in [5, 5.41) is 6.89. The number of hydrogen-bond acceptors (Lipinski definition) is 4. The highest BCUT2D eigenvalue weighted by atomic mass is 14.9. The minimum Gasteiger partial charge on any atom is -0.256 e. The van der Waals surface area contributed by atoms with Gasteiger partial charge in [0.25, 0.3) is 0 Å². The predicted octanol–water partition coefficient (Wildman–Crippen LogP) is 10.5. The van der Waals surface area contributed by atoms with E-state index in [2.05, 4.69) is 115 Å². The van der Waals surface area contributed by atoms with E-state index in [9.17, 15) is 0 Å². The van der Waals surface area contributed by atoms with Crippen molar-refractivity contribution in [2.75, 3.05) is 0 Å². The molecule has 4 nitrogen and oxygen atoms in total. The second-order valence-electron chi connectivity index (χ2n) is 11.5. The molecule has 0 aliphatic carbocycles. The first kappa shape index (κ1) is 26.2. The number of para-hydroxylation sites is 1. The van der Waals surface area contributed by atoms with Gasteiger partial charge < -0.3 is 0 Å². The fourth-order valence-electron chi connectivity index (χ4n) is 6.48. The van der Waals surface area contributed by atoms with E-state index < -0.39 is 0 Å². The summed E-state index contributed by atoms with van der Waals surface area (Å²) < 4.78 is 0. The van der Waals surface area contributed by atoms with E-state index in [1.807, 2.05) is 42.6 Å². The minimum atomic E-state index is 0.687. The average Bonchev–Trinajstić information content (AvgIpc) is 3.14. The number of hydrogen-bond donors (Lipinski definition) is 0. The molecule has 4 heteroatoms. The van der Waals surface area contributed by atoms with E-state index in [0.29, 0.717) is 5.82 Å². The number of pyridine rings is 2. The van der Waals surface area contributed by atoms with Crippen LogP contribution in [0.1, 0.15) is 0 Å². The summed E-state index contributed by atoms with van der Waals surface area (Å²) in [5.74, 6) is 0.687. The molecule has 0 N–H and O–H groups in total. The molecule has 0 aliphatic rings. The van der Waals surface area contributed by atoms with Crippen molar-refractivity contribution in [1.82, 2.24) is 19.9 Å². The lowest BCUT2D eigenvalue weighted by Gasteiger charge is -2.14. The van der Waals surface area contributed by atoms with E-state index >= 15 is 0 Å². The number of benzene rings is 6. The van der Waals surface area contributed by atoms with Crippen molar-refractivity contribution in [3.05, 3.63) is 158 Å². The molecule has 0 saturated heterocycles. The number of aromatic nitrogens is 4. The third-order valence-corrected chi connectivity index (χ3v) is 8.70. The molecule has 3 aromatic heterocycles. The van der Waals surface area contributed by atoms with Gasteiger partial charge in [-0.2, -0.15) is 0 Å². The van der Waals surface area contributed by atoms with Crippen LogP contribution >= 0.6 is 0 Å². The molecule has 0 spiro atoms. The molecule has 0 unspecified atom stereocenters. The Kier molecular flexibility index (Phi) is 6.10. The fraction of sp³-hybridized carbons (Fsp3) is 0. The molecule has 0 amide bonds. The van der Waals surface area contributed by atoms with Crippen LogP contribution in [0.2, 0.25) is 0 Å². The lowest BCUT2D eigenvalue weighted by Crippen LogP contribution is -1.96. The maximum Gasteiger partial charge on any atom is 0.160 e. The molecular formula is C42H26N4. The average molecular weight is 587 g/mol. The Bertz CT molecular complexity index is 2500. The highest BCUT2D eigenvalue weighted by Gasteiger charge is 2.16. The standard InChI is InChI=1S/C42H26N4/c1-3-11-27(12-4-1)37-25-38(28-13-5-2-6-14-28)46-42(45-37)30-21-19-29(20-22-30)41-34-23-24-36-40(32-16-8-7-15-31(32)26-43-36)39(34)33-17-9-10-18-35(33)44-41/h1-26H. The molecule has 0 saturated carbocycles. The largest absolute Gasteiger partial charge is 0.256 e. The Morgan fingerprint density at radius 2 is 0.978 bits per heavy atom. The molecule has 0 atom stereocenters. The first-order chi connectivity index (χ1) is 22.8. The summed E-state index contributed by atoms with van der Waals surface area (Å²) in [6.07, 6.45) is 1.96. The summed E-state index contributed by atoms with van der Waals surface area (Å²) in [6, 6.07) is 52.3. The molecule has 0 bridgehead atoms. The molecule has 46 heavy (non-hydrogen) atoms. The van der Waals surface area contributed by atoms with Crippen LogP contribution < -0.4 is 0 Å². The van der Waals surface area contributed by atoms with Gasteiger partial charge in [0.05, 0.1) is 28.1 Å². The van der Waals surface area contributed by atoms with Crippen LogP contribution in [0.3, 0.4) is 0 Å². The van der Waals surface area contributed by atoms with Gasteiger partial charge in [0.15, 0.2) is 5.82 Å². The van der Waals surface area contributed by atoms with Gasteiger partial charge in [-0.3, -0.25) is 4.98 Å². The van der Waals surface area contributed by atoms with E-state index in [-0.39, 0.29) is 0 Å². The van der Waals surface area contributed by atoms with Gasteiger partial charge in [-0.1, -0.05) is 127 Å². The second kappa shape index (κ2) is 10.7. The van der Waals surface area contributed by atoms with Crippen molar-refractivity contribution >= 4 is 43.4 Å². The van der Waals surface area contributed by atoms with Crippen LogP contribution in [0, 0.1) is 0 Å². The van der Waals surface area contributed by atoms with Gasteiger partial charge in [0.2, 0.25) is 0 Å². The third-order valence-electron chi connectivity index (χ3n) is 8.70. The van der Waals surface area contributed by atoms with Crippen LogP contribution in [0.25, 0.3) is 88.5 Å². The monoisotopic (exact) mass is 586 g/mol. The van der Waals surface area contributed by atoms with E-state index in [4.69, 9.17) is 19.9 Å². The summed E-state index contributed by atoms with van der Waals surface area (Å²) in [4.78, 5) is 20.1. The van der Waals surface area contributed by atoms with Gasteiger partial charge in [0, 0.05) is 55.4 Å². The SMILES string of the molecule is c1ccc(-c2cc(-c3ccccc3)nc(-c3ccc(-c4nc5ccccc5c5c4ccc4ncc6ccccc6c45)cc3)n2)cc1. The maximum absolute atomic E-state index is 5.22. The Morgan fingerprint density at radius 1 is 0.370 bits per heavy atom. The van der Waals surface area contributed by atoms with E-state index in [1.165, 1.54) is 10.8 Å². The van der Waals surface area contributed by atoms with Crippen LogP contribution in [-0.2, 0) is 0 Å². The molecule has 9 rings (SSSR count). The van der Waals surface area contributed by atoms with Crippen LogP contribution in [0.15, 0.2) is 158 Å². The van der Waals surface area contributed by atoms with E-state index in [0.717, 1.165) is 71.9 Å². The van der Waals surface area contributed by atoms with Crippen molar-refractivity contribution in [2.45, 2.75) is 0 Å². The number of nitrogens with zero attached hydrogens (tertiary/aromatic N) is 4. The Labute approximate surface area is 265 Å². The van der Waals surface area contributed by atoms with Crippen molar-refractivity contribution in [3.63, 3.8) is 0 Å². The van der Waals surface area contributed by atoms with Crippen LogP contribution in [0.5, 0.6) is 0 Å². The first-order valence-electron chi connectivity index (χ1n) is 15.4. The topological polar surface area (TPSA) is 51.6 Å². The summed E-state index contributed by atoms with van der Waals surface area (Å²) in [7, 11) is 0. The van der Waals surface area contributed by atoms with Crippen LogP contribution in [-0.4, -0.2) is 19.9 Å². The van der Waals surface area contributed by atoms with Crippen molar-refractivity contribution in [3.8, 4) is 45.2 Å². The smallest absolute Gasteiger partial charge is 0.160 e. The van der Waals surface area contributed by atoms with Crippen molar-refractivity contribution in [1.29, 1.82) is 0 Å². The van der Waals surface area contributed by atoms with Crippen LogP contribution in [0.4, 0.5) is 0 Å². The predicted molar refractivity (Wildman–Crippen MR) is 189 cm³/mol. The van der Waals surface area contributed by atoms with Gasteiger partial charge in [0.1, 0.15) is 0 Å². The van der Waals surface area contributed by atoms with Gasteiger partial charge in [-0.25, -0.2) is 15.0 Å². The van der Waals surface area contributed by atoms with Gasteiger partial charge in [-0.05, 0) is 29.7 Å². The zero-order valence-electron chi connectivity index (χ0n) is 24.8. The Morgan fingerprint density at radius 3 is 1.70 bits per heavy atom. The van der Waals surface area contributed by atoms with Crippen molar-refractivity contribution in [2.24, 2.45) is 0 Å².